The molecule has 0 spiro atoms. The molecular weight excluding hydrogens is 324 g/mol. The van der Waals surface area contributed by atoms with E-state index in [4.69, 9.17) is 11.6 Å². The van der Waals surface area contributed by atoms with Crippen molar-refractivity contribution in [2.75, 3.05) is 19.0 Å². The van der Waals surface area contributed by atoms with Gasteiger partial charge in [-0.2, -0.15) is 0 Å². The summed E-state index contributed by atoms with van der Waals surface area (Å²) < 4.78 is 0.952. The average Bonchev–Trinajstić information content (AvgIpc) is 3.16. The first-order valence-electron chi connectivity index (χ1n) is 6.82. The largest absolute Gasteiger partial charge is 0.353 e. The zero-order chi connectivity index (χ0) is 14.8. The molecular formula is C14H17ClN4S2. The highest BCUT2D eigenvalue weighted by molar-refractivity contribution is 8.01. The molecule has 1 aliphatic rings. The second kappa shape index (κ2) is 6.52. The number of halogens is 1. The number of nitrogens with zero attached hydrogens (tertiary/aromatic N) is 3. The monoisotopic (exact) mass is 340 g/mol. The maximum absolute atomic E-state index is 6.13. The van der Waals surface area contributed by atoms with Crippen LogP contribution in [0.2, 0.25) is 5.02 Å². The highest BCUT2D eigenvalue weighted by atomic mass is 35.5. The van der Waals surface area contributed by atoms with Crippen LogP contribution in [0.1, 0.15) is 18.4 Å². The zero-order valence-corrected chi connectivity index (χ0v) is 14.4. The molecule has 7 heteroatoms. The van der Waals surface area contributed by atoms with Gasteiger partial charge in [-0.3, -0.25) is 0 Å². The molecule has 21 heavy (non-hydrogen) atoms. The van der Waals surface area contributed by atoms with Crippen LogP contribution in [0.4, 0.5) is 5.13 Å². The van der Waals surface area contributed by atoms with Crippen molar-refractivity contribution in [3.05, 3.63) is 28.8 Å². The molecule has 0 radical (unpaired) electrons. The minimum absolute atomic E-state index is 0.684. The first kappa shape index (κ1) is 15.1. The van der Waals surface area contributed by atoms with Crippen molar-refractivity contribution >= 4 is 39.8 Å². The van der Waals surface area contributed by atoms with E-state index in [-0.39, 0.29) is 0 Å². The normalized spacial score (nSPS) is 14.4. The van der Waals surface area contributed by atoms with Crippen LogP contribution in [-0.2, 0) is 6.54 Å². The molecule has 1 heterocycles. The van der Waals surface area contributed by atoms with E-state index < -0.39 is 0 Å². The van der Waals surface area contributed by atoms with E-state index >= 15 is 0 Å². The van der Waals surface area contributed by atoms with Gasteiger partial charge in [-0.25, -0.2) is 0 Å². The molecule has 4 nitrogen and oxygen atoms in total. The molecule has 0 atom stereocenters. The Hall–Kier alpha value is -0.820. The minimum Gasteiger partial charge on any atom is -0.353 e. The fourth-order valence-electron chi connectivity index (χ4n) is 1.85. The zero-order valence-electron chi connectivity index (χ0n) is 12.0. The predicted octanol–water partition coefficient (Wildman–Crippen LogP) is 3.66. The maximum Gasteiger partial charge on any atom is 0.208 e. The molecule has 1 saturated carbocycles. The lowest BCUT2D eigenvalue weighted by atomic mass is 10.2. The summed E-state index contributed by atoms with van der Waals surface area (Å²) in [5.74, 6) is 0. The number of aromatic nitrogens is 2. The second-order valence-electron chi connectivity index (χ2n) is 5.25. The lowest BCUT2D eigenvalue weighted by Crippen LogP contribution is -2.15. The van der Waals surface area contributed by atoms with Crippen molar-refractivity contribution < 1.29 is 0 Å². The van der Waals surface area contributed by atoms with E-state index in [0.717, 1.165) is 21.0 Å². The summed E-state index contributed by atoms with van der Waals surface area (Å²) >= 11 is 9.38. The van der Waals surface area contributed by atoms with Crippen molar-refractivity contribution in [1.82, 2.24) is 15.5 Å². The Balaban J connectivity index is 1.75. The topological polar surface area (TPSA) is 41.1 Å². The first-order chi connectivity index (χ1) is 10.1. The van der Waals surface area contributed by atoms with Gasteiger partial charge in [-0.05, 0) is 36.6 Å². The van der Waals surface area contributed by atoms with Crippen LogP contribution >= 0.6 is 34.7 Å². The van der Waals surface area contributed by atoms with Crippen molar-refractivity contribution in [2.45, 2.75) is 34.7 Å². The third-order valence-electron chi connectivity index (χ3n) is 3.16. The fourth-order valence-corrected chi connectivity index (χ4v) is 3.87. The van der Waals surface area contributed by atoms with Gasteiger partial charge in [-0.1, -0.05) is 34.7 Å². The summed E-state index contributed by atoms with van der Waals surface area (Å²) in [6.45, 7) is 0.854. The third-order valence-corrected chi connectivity index (χ3v) is 5.65. The molecule has 0 saturated heterocycles. The molecule has 1 aromatic heterocycles. The Labute approximate surface area is 137 Å². The van der Waals surface area contributed by atoms with Gasteiger partial charge < -0.3 is 10.2 Å². The first-order valence-corrected chi connectivity index (χ1v) is 8.83. The molecule has 1 aliphatic carbocycles. The maximum atomic E-state index is 6.13. The molecule has 2 aromatic rings. The number of benzene rings is 1. The van der Waals surface area contributed by atoms with Crippen LogP contribution in [0.3, 0.4) is 0 Å². The van der Waals surface area contributed by atoms with Gasteiger partial charge in [0.2, 0.25) is 5.13 Å². The van der Waals surface area contributed by atoms with Crippen molar-refractivity contribution in [3.63, 3.8) is 0 Å². The van der Waals surface area contributed by atoms with E-state index in [2.05, 4.69) is 21.6 Å². The number of anilines is 1. The molecule has 1 fully saturated rings. The van der Waals surface area contributed by atoms with Gasteiger partial charge in [-0.15, -0.1) is 10.2 Å². The van der Waals surface area contributed by atoms with Gasteiger partial charge in [0, 0.05) is 36.6 Å². The van der Waals surface area contributed by atoms with E-state index in [1.807, 2.05) is 31.1 Å². The summed E-state index contributed by atoms with van der Waals surface area (Å²) in [6, 6.07) is 6.71. The molecule has 3 rings (SSSR count). The summed E-state index contributed by atoms with van der Waals surface area (Å²) in [4.78, 5) is 3.16. The second-order valence-corrected chi connectivity index (χ2v) is 7.94. The van der Waals surface area contributed by atoms with E-state index in [1.165, 1.54) is 23.3 Å². The number of nitrogens with one attached hydrogen (secondary N) is 1. The van der Waals surface area contributed by atoms with Gasteiger partial charge in [0.25, 0.3) is 0 Å². The highest BCUT2D eigenvalue weighted by Crippen LogP contribution is 2.35. The lowest BCUT2D eigenvalue weighted by Gasteiger charge is -2.09. The van der Waals surface area contributed by atoms with Crippen molar-refractivity contribution in [3.8, 4) is 0 Å². The van der Waals surface area contributed by atoms with Crippen LogP contribution in [-0.4, -0.2) is 30.3 Å². The molecule has 1 aromatic carbocycles. The van der Waals surface area contributed by atoms with E-state index in [0.29, 0.717) is 6.04 Å². The van der Waals surface area contributed by atoms with Gasteiger partial charge in [0.1, 0.15) is 0 Å². The fraction of sp³-hybridized carbons (Fsp3) is 0.429. The molecule has 112 valence electrons. The molecule has 1 N–H and O–H groups in total. The number of hydrogen-bond donors (Lipinski definition) is 1. The van der Waals surface area contributed by atoms with Crippen molar-refractivity contribution in [1.29, 1.82) is 0 Å². The van der Waals surface area contributed by atoms with E-state index in [1.54, 1.807) is 23.1 Å². The average molecular weight is 341 g/mol. The quantitative estimate of drug-likeness (QED) is 0.869. The Kier molecular flexibility index (Phi) is 4.69. The molecule has 0 amide bonds. The standard InChI is InChI=1S/C14H17ClN4S2/c1-19(2)13-17-18-14(21-13)20-12-6-3-10(15)7-9(12)8-16-11-4-5-11/h3,6-7,11,16H,4-5,8H2,1-2H3. The van der Waals surface area contributed by atoms with E-state index in [9.17, 15) is 0 Å². The van der Waals surface area contributed by atoms with Crippen molar-refractivity contribution in [2.24, 2.45) is 0 Å². The Morgan fingerprint density at radius 1 is 1.38 bits per heavy atom. The SMILES string of the molecule is CN(C)c1nnc(Sc2ccc(Cl)cc2CNC2CC2)s1. The third kappa shape index (κ3) is 4.10. The molecule has 0 aliphatic heterocycles. The Bertz CT molecular complexity index is 625. The summed E-state index contributed by atoms with van der Waals surface area (Å²) in [5.41, 5.74) is 1.22. The highest BCUT2D eigenvalue weighted by Gasteiger charge is 2.21. The van der Waals surface area contributed by atoms with Gasteiger partial charge >= 0.3 is 0 Å². The lowest BCUT2D eigenvalue weighted by molar-refractivity contribution is 0.680. The van der Waals surface area contributed by atoms with Crippen LogP contribution in [0.25, 0.3) is 0 Å². The molecule has 0 unspecified atom stereocenters. The van der Waals surface area contributed by atoms with Crippen LogP contribution in [0.5, 0.6) is 0 Å². The smallest absolute Gasteiger partial charge is 0.208 e. The van der Waals surface area contributed by atoms with Crippen LogP contribution < -0.4 is 10.2 Å². The predicted molar refractivity (Wildman–Crippen MR) is 89.7 cm³/mol. The number of hydrogen-bond acceptors (Lipinski definition) is 6. The van der Waals surface area contributed by atoms with Crippen LogP contribution in [0, 0.1) is 0 Å². The Morgan fingerprint density at radius 3 is 2.86 bits per heavy atom. The Morgan fingerprint density at radius 2 is 2.19 bits per heavy atom. The molecule has 0 bridgehead atoms. The van der Waals surface area contributed by atoms with Gasteiger partial charge in [0.05, 0.1) is 0 Å². The van der Waals surface area contributed by atoms with Crippen LogP contribution in [0.15, 0.2) is 27.4 Å². The summed E-state index contributed by atoms with van der Waals surface area (Å²) in [6.07, 6.45) is 2.57. The van der Waals surface area contributed by atoms with Gasteiger partial charge in [0.15, 0.2) is 4.34 Å². The number of rotatable bonds is 6. The summed E-state index contributed by atoms with van der Waals surface area (Å²) in [5, 5.41) is 13.6. The summed E-state index contributed by atoms with van der Waals surface area (Å²) in [7, 11) is 3.95. The minimum atomic E-state index is 0.684.